The minimum Gasteiger partial charge on any atom is -0.372 e. The van der Waals surface area contributed by atoms with Gasteiger partial charge in [-0.05, 0) is 72.1 Å². The third kappa shape index (κ3) is 2.82. The number of allylic oxidation sites excluding steroid dienone is 4. The van der Waals surface area contributed by atoms with Crippen molar-refractivity contribution in [2.75, 3.05) is 18.0 Å². The number of nitrogens with zero attached hydrogens (tertiary/aromatic N) is 2. The number of aliphatic imine (C=N–C) groups is 1. The number of fused-ring (bicyclic) bond motifs is 2. The van der Waals surface area contributed by atoms with Gasteiger partial charge in [-0.1, -0.05) is 19.9 Å². The maximum Gasteiger partial charge on any atom is 0.178 e. The second-order valence-electron chi connectivity index (χ2n) is 7.62. The van der Waals surface area contributed by atoms with Crippen LogP contribution >= 0.6 is 0 Å². The fourth-order valence-electron chi connectivity index (χ4n) is 4.51. The van der Waals surface area contributed by atoms with Crippen LogP contribution in [0.1, 0.15) is 32.6 Å². The molecule has 4 heteroatoms. The molecule has 3 nitrogen and oxygen atoms in total. The van der Waals surface area contributed by atoms with E-state index in [2.05, 4.69) is 36.6 Å². The summed E-state index contributed by atoms with van der Waals surface area (Å²) in [7, 11) is -1.92. The van der Waals surface area contributed by atoms with Gasteiger partial charge in [0.1, 0.15) is 8.07 Å². The van der Waals surface area contributed by atoms with Gasteiger partial charge in [0, 0.05) is 18.8 Å². The van der Waals surface area contributed by atoms with Crippen LogP contribution in [-0.4, -0.2) is 32.7 Å². The van der Waals surface area contributed by atoms with E-state index in [-0.39, 0.29) is 5.78 Å². The number of ketones is 1. The van der Waals surface area contributed by atoms with Gasteiger partial charge in [-0.2, -0.15) is 0 Å². The maximum absolute atomic E-state index is 12.0. The summed E-state index contributed by atoms with van der Waals surface area (Å²) >= 11 is 0. The summed E-state index contributed by atoms with van der Waals surface area (Å²) in [5, 5.41) is 2.64. The Morgan fingerprint density at radius 3 is 2.72 bits per heavy atom. The maximum atomic E-state index is 12.0. The van der Waals surface area contributed by atoms with E-state index in [0.29, 0.717) is 0 Å². The zero-order chi connectivity index (χ0) is 17.4. The smallest absolute Gasteiger partial charge is 0.178 e. The van der Waals surface area contributed by atoms with Crippen LogP contribution in [0.3, 0.4) is 0 Å². The first-order valence-electron chi connectivity index (χ1n) is 9.54. The number of hydrogen-bond donors (Lipinski definition) is 0. The molecular weight excluding hydrogens is 324 g/mol. The Hall–Kier alpha value is -1.94. The number of carbonyl (C=O) groups is 1. The van der Waals surface area contributed by atoms with Crippen molar-refractivity contribution in [3.05, 3.63) is 41.6 Å². The molecule has 25 heavy (non-hydrogen) atoms. The van der Waals surface area contributed by atoms with Crippen molar-refractivity contribution in [2.24, 2.45) is 4.99 Å². The molecule has 1 aliphatic carbocycles. The van der Waals surface area contributed by atoms with Crippen molar-refractivity contribution >= 4 is 36.1 Å². The van der Waals surface area contributed by atoms with Crippen LogP contribution in [0.2, 0.25) is 12.6 Å². The van der Waals surface area contributed by atoms with Crippen molar-refractivity contribution in [3.63, 3.8) is 0 Å². The van der Waals surface area contributed by atoms with Crippen LogP contribution in [0.25, 0.3) is 0 Å². The highest BCUT2D eigenvalue weighted by atomic mass is 28.3. The zero-order valence-corrected chi connectivity index (χ0v) is 16.2. The monoisotopic (exact) mass is 350 g/mol. The van der Waals surface area contributed by atoms with Gasteiger partial charge in [0.15, 0.2) is 5.78 Å². The Morgan fingerprint density at radius 2 is 1.96 bits per heavy atom. The number of hydrogen-bond acceptors (Lipinski definition) is 3. The van der Waals surface area contributed by atoms with E-state index in [0.717, 1.165) is 37.0 Å². The first-order chi connectivity index (χ1) is 12.1. The van der Waals surface area contributed by atoms with E-state index in [1.165, 1.54) is 35.3 Å². The van der Waals surface area contributed by atoms with Gasteiger partial charge < -0.3 is 4.90 Å². The molecule has 1 unspecified atom stereocenters. The minimum absolute atomic E-state index is 0.111. The first kappa shape index (κ1) is 16.5. The molecule has 130 valence electrons. The molecule has 0 bridgehead atoms. The number of piperidine rings is 1. The van der Waals surface area contributed by atoms with E-state index in [9.17, 15) is 4.79 Å². The molecule has 1 fully saturated rings. The summed E-state index contributed by atoms with van der Waals surface area (Å²) in [6.45, 7) is 6.98. The number of rotatable bonds is 3. The normalized spacial score (nSPS) is 25.2. The second-order valence-corrected chi connectivity index (χ2v) is 11.9. The zero-order valence-electron chi connectivity index (χ0n) is 15.2. The van der Waals surface area contributed by atoms with Crippen molar-refractivity contribution in [3.8, 4) is 0 Å². The quantitative estimate of drug-likeness (QED) is 0.608. The second kappa shape index (κ2) is 6.41. The molecule has 0 aromatic heterocycles. The van der Waals surface area contributed by atoms with E-state index < -0.39 is 8.07 Å². The van der Waals surface area contributed by atoms with Crippen molar-refractivity contribution < 1.29 is 4.79 Å². The fourth-order valence-corrected chi connectivity index (χ4v) is 8.68. The van der Waals surface area contributed by atoms with Crippen LogP contribution in [0.15, 0.2) is 46.6 Å². The average Bonchev–Trinajstić information content (AvgIpc) is 2.64. The molecule has 4 rings (SSSR count). The molecule has 1 saturated heterocycles. The Bertz CT molecular complexity index is 802. The lowest BCUT2D eigenvalue weighted by molar-refractivity contribution is -0.110. The van der Waals surface area contributed by atoms with Gasteiger partial charge in [0.25, 0.3) is 0 Å². The highest BCUT2D eigenvalue weighted by Crippen LogP contribution is 2.35. The van der Waals surface area contributed by atoms with E-state index >= 15 is 0 Å². The average molecular weight is 351 g/mol. The molecule has 1 aromatic rings. The summed E-state index contributed by atoms with van der Waals surface area (Å²) < 4.78 is 0. The summed E-state index contributed by atoms with van der Waals surface area (Å²) in [6, 6.07) is 8.00. The van der Waals surface area contributed by atoms with Crippen LogP contribution < -0.4 is 10.1 Å². The Labute approximate surface area is 151 Å². The number of carbonyl (C=O) groups excluding carboxylic acids is 1. The van der Waals surface area contributed by atoms with Crippen LogP contribution in [0.5, 0.6) is 0 Å². The third-order valence-corrected chi connectivity index (χ3v) is 10.5. The van der Waals surface area contributed by atoms with Crippen LogP contribution in [-0.2, 0) is 4.79 Å². The highest BCUT2D eigenvalue weighted by molar-refractivity contribution is 7.02. The van der Waals surface area contributed by atoms with Crippen molar-refractivity contribution in [1.82, 2.24) is 0 Å². The van der Waals surface area contributed by atoms with Crippen LogP contribution in [0, 0.1) is 0 Å². The molecule has 1 aromatic carbocycles. The summed E-state index contributed by atoms with van der Waals surface area (Å²) in [6.07, 6.45) is 10.5. The molecule has 0 amide bonds. The lowest BCUT2D eigenvalue weighted by Gasteiger charge is -2.37. The highest BCUT2D eigenvalue weighted by Gasteiger charge is 2.41. The lowest BCUT2D eigenvalue weighted by Crippen LogP contribution is -2.52. The van der Waals surface area contributed by atoms with Gasteiger partial charge in [0.2, 0.25) is 0 Å². The Balaban J connectivity index is 1.84. The SMILES string of the molecule is CCC[Si]1(C)C2=CC(=O)C=CC2=Nc2ccc(N3CCCCC3)cc21. The van der Waals surface area contributed by atoms with Gasteiger partial charge in [-0.3, -0.25) is 4.79 Å². The summed E-state index contributed by atoms with van der Waals surface area (Å²) in [4.78, 5) is 19.4. The van der Waals surface area contributed by atoms with Crippen molar-refractivity contribution in [2.45, 2.75) is 45.2 Å². The molecule has 3 aliphatic rings. The molecule has 2 heterocycles. The number of anilines is 1. The van der Waals surface area contributed by atoms with Gasteiger partial charge in [-0.25, -0.2) is 4.99 Å². The molecule has 0 saturated carbocycles. The standard InChI is InChI=1S/C21H26N2OSi/c1-3-13-25(2)20-14-16(23-11-5-4-6-12-23)7-9-18(20)22-19-10-8-17(24)15-21(19)25/h7-10,14-15H,3-6,11-13H2,1-2H3. The predicted octanol–water partition coefficient (Wildman–Crippen LogP) is 4.06. The molecule has 0 radical (unpaired) electrons. The summed E-state index contributed by atoms with van der Waals surface area (Å²) in [5.74, 6) is 0.111. The molecule has 1 atom stereocenters. The van der Waals surface area contributed by atoms with E-state index in [4.69, 9.17) is 4.99 Å². The van der Waals surface area contributed by atoms with Gasteiger partial charge in [-0.15, -0.1) is 0 Å². The molecule has 0 N–H and O–H groups in total. The fraction of sp³-hybridized carbons (Fsp3) is 0.429. The molecule has 2 aliphatic heterocycles. The predicted molar refractivity (Wildman–Crippen MR) is 108 cm³/mol. The largest absolute Gasteiger partial charge is 0.372 e. The van der Waals surface area contributed by atoms with Crippen LogP contribution in [0.4, 0.5) is 11.4 Å². The Kier molecular flexibility index (Phi) is 4.24. The first-order valence-corrected chi connectivity index (χ1v) is 12.3. The summed E-state index contributed by atoms with van der Waals surface area (Å²) in [5.41, 5.74) is 3.47. The molecular formula is C21H26N2OSi. The minimum atomic E-state index is -1.92. The van der Waals surface area contributed by atoms with Crippen molar-refractivity contribution in [1.29, 1.82) is 0 Å². The Morgan fingerprint density at radius 1 is 1.16 bits per heavy atom. The third-order valence-electron chi connectivity index (χ3n) is 5.85. The number of benzene rings is 1. The lowest BCUT2D eigenvalue weighted by atomic mass is 10.1. The van der Waals surface area contributed by atoms with E-state index in [1.807, 2.05) is 12.2 Å². The van der Waals surface area contributed by atoms with E-state index in [1.54, 1.807) is 6.08 Å². The molecule has 0 spiro atoms. The van der Waals surface area contributed by atoms with Gasteiger partial charge in [0.05, 0.1) is 11.4 Å². The topological polar surface area (TPSA) is 32.7 Å². The van der Waals surface area contributed by atoms with Gasteiger partial charge >= 0.3 is 0 Å².